The molecule has 0 aliphatic carbocycles. The first-order valence-corrected chi connectivity index (χ1v) is 4.53. The van der Waals surface area contributed by atoms with Crippen LogP contribution in [0.15, 0.2) is 24.3 Å². The molecule has 1 N–H and O–H groups in total. The lowest BCUT2D eigenvalue weighted by Gasteiger charge is -2.20. The Labute approximate surface area is 78.3 Å². The highest BCUT2D eigenvalue weighted by Crippen LogP contribution is 2.17. The molecule has 0 amide bonds. The van der Waals surface area contributed by atoms with E-state index < -0.39 is 0 Å². The van der Waals surface area contributed by atoms with E-state index in [1.165, 1.54) is 0 Å². The van der Waals surface area contributed by atoms with E-state index in [-0.39, 0.29) is 0 Å². The standard InChI is InChI=1S/C10H15FN2/c1-3-13(4-2)10-7-5-9(12-11)6-8-10/h5-8,12H,3-4H2,1-2H3. The molecule has 0 spiro atoms. The van der Waals surface area contributed by atoms with Gasteiger partial charge in [0.25, 0.3) is 0 Å². The van der Waals surface area contributed by atoms with E-state index in [4.69, 9.17) is 0 Å². The molecule has 13 heavy (non-hydrogen) atoms. The van der Waals surface area contributed by atoms with Crippen molar-refractivity contribution in [3.05, 3.63) is 24.3 Å². The van der Waals surface area contributed by atoms with E-state index in [0.717, 1.165) is 18.8 Å². The van der Waals surface area contributed by atoms with E-state index in [9.17, 15) is 4.48 Å². The molecule has 1 aromatic rings. The molecule has 3 heteroatoms. The van der Waals surface area contributed by atoms with Crippen molar-refractivity contribution in [2.45, 2.75) is 13.8 Å². The maximum atomic E-state index is 12.0. The number of benzene rings is 1. The van der Waals surface area contributed by atoms with Gasteiger partial charge in [0.15, 0.2) is 0 Å². The fourth-order valence-electron chi connectivity index (χ4n) is 1.32. The minimum absolute atomic E-state index is 0.496. The van der Waals surface area contributed by atoms with Crippen LogP contribution in [0.25, 0.3) is 0 Å². The molecule has 2 nitrogen and oxygen atoms in total. The fraction of sp³-hybridized carbons (Fsp3) is 0.400. The van der Waals surface area contributed by atoms with Crippen molar-refractivity contribution in [2.75, 3.05) is 23.5 Å². The maximum Gasteiger partial charge on any atom is 0.0657 e. The Kier molecular flexibility index (Phi) is 3.55. The molecule has 0 saturated carbocycles. The van der Waals surface area contributed by atoms with Crippen LogP contribution >= 0.6 is 0 Å². The summed E-state index contributed by atoms with van der Waals surface area (Å²) in [7, 11) is 0. The molecule has 0 saturated heterocycles. The topological polar surface area (TPSA) is 15.3 Å². The van der Waals surface area contributed by atoms with Crippen LogP contribution in [0.2, 0.25) is 0 Å². The third-order valence-electron chi connectivity index (χ3n) is 2.11. The van der Waals surface area contributed by atoms with Crippen LogP contribution in [0.4, 0.5) is 15.9 Å². The predicted octanol–water partition coefficient (Wildman–Crippen LogP) is 2.83. The number of rotatable bonds is 4. The monoisotopic (exact) mass is 182 g/mol. The first-order valence-electron chi connectivity index (χ1n) is 4.53. The van der Waals surface area contributed by atoms with Crippen LogP contribution in [0.5, 0.6) is 0 Å². The Balaban J connectivity index is 2.78. The summed E-state index contributed by atoms with van der Waals surface area (Å²) in [6, 6.07) is 7.28. The van der Waals surface area contributed by atoms with Crippen LogP contribution < -0.4 is 10.4 Å². The second kappa shape index (κ2) is 4.70. The molecule has 0 heterocycles. The number of hydrogen-bond acceptors (Lipinski definition) is 2. The number of hydrogen-bond donors (Lipinski definition) is 1. The molecular weight excluding hydrogens is 167 g/mol. The third-order valence-corrected chi connectivity index (χ3v) is 2.11. The molecule has 1 rings (SSSR count). The summed E-state index contributed by atoms with van der Waals surface area (Å²) in [5.41, 5.74) is 3.24. The summed E-state index contributed by atoms with van der Waals surface area (Å²) in [5.74, 6) is 0. The van der Waals surface area contributed by atoms with Crippen LogP contribution in [-0.4, -0.2) is 13.1 Å². The first kappa shape index (κ1) is 9.84. The maximum absolute atomic E-state index is 12.0. The van der Waals surface area contributed by atoms with E-state index in [1.54, 1.807) is 17.7 Å². The van der Waals surface area contributed by atoms with Crippen molar-refractivity contribution in [1.29, 1.82) is 0 Å². The van der Waals surface area contributed by atoms with Gasteiger partial charge in [-0.3, -0.25) is 0 Å². The van der Waals surface area contributed by atoms with Crippen molar-refractivity contribution in [3.63, 3.8) is 0 Å². The van der Waals surface area contributed by atoms with Crippen LogP contribution in [0.1, 0.15) is 13.8 Å². The Morgan fingerprint density at radius 3 is 2.08 bits per heavy atom. The fourth-order valence-corrected chi connectivity index (χ4v) is 1.32. The quantitative estimate of drug-likeness (QED) is 0.720. The summed E-state index contributed by atoms with van der Waals surface area (Å²) in [4.78, 5) is 2.21. The van der Waals surface area contributed by atoms with Gasteiger partial charge in [-0.25, -0.2) is 5.54 Å². The highest BCUT2D eigenvalue weighted by atomic mass is 19.2. The molecule has 0 aliphatic heterocycles. The first-order chi connectivity index (χ1) is 6.31. The van der Waals surface area contributed by atoms with Gasteiger partial charge in [-0.05, 0) is 38.1 Å². The second-order valence-electron chi connectivity index (χ2n) is 2.81. The molecule has 0 radical (unpaired) electrons. The van der Waals surface area contributed by atoms with Crippen LogP contribution in [-0.2, 0) is 0 Å². The van der Waals surface area contributed by atoms with Gasteiger partial charge in [0.05, 0.1) is 5.69 Å². The Hall–Kier alpha value is -1.25. The zero-order valence-corrected chi connectivity index (χ0v) is 8.05. The molecule has 0 atom stereocenters. The second-order valence-corrected chi connectivity index (χ2v) is 2.81. The molecule has 72 valence electrons. The summed E-state index contributed by atoms with van der Waals surface area (Å²) >= 11 is 0. The van der Waals surface area contributed by atoms with Gasteiger partial charge >= 0.3 is 0 Å². The summed E-state index contributed by atoms with van der Waals surface area (Å²) < 4.78 is 12.0. The van der Waals surface area contributed by atoms with E-state index in [2.05, 4.69) is 18.7 Å². The number of nitrogens with one attached hydrogen (secondary N) is 1. The highest BCUT2D eigenvalue weighted by Gasteiger charge is 2.00. The Bertz CT molecular complexity index is 242. The SMILES string of the molecule is CCN(CC)c1ccc(NF)cc1. The molecule has 0 aromatic heterocycles. The average molecular weight is 182 g/mol. The largest absolute Gasteiger partial charge is 0.372 e. The zero-order valence-electron chi connectivity index (χ0n) is 8.05. The smallest absolute Gasteiger partial charge is 0.0657 e. The van der Waals surface area contributed by atoms with Gasteiger partial charge < -0.3 is 4.90 Å². The summed E-state index contributed by atoms with van der Waals surface area (Å²) in [5, 5.41) is 0. The Morgan fingerprint density at radius 2 is 1.69 bits per heavy atom. The van der Waals surface area contributed by atoms with E-state index in [1.807, 2.05) is 12.1 Å². The van der Waals surface area contributed by atoms with E-state index in [0.29, 0.717) is 5.69 Å². The van der Waals surface area contributed by atoms with Gasteiger partial charge in [0.2, 0.25) is 0 Å². The molecular formula is C10H15FN2. The van der Waals surface area contributed by atoms with Gasteiger partial charge in [-0.15, -0.1) is 4.48 Å². The number of halogens is 1. The molecule has 1 aromatic carbocycles. The zero-order chi connectivity index (χ0) is 9.68. The number of nitrogens with zero attached hydrogens (tertiary/aromatic N) is 1. The molecule has 0 unspecified atom stereocenters. The highest BCUT2D eigenvalue weighted by molar-refractivity contribution is 5.54. The predicted molar refractivity (Wildman–Crippen MR) is 54.7 cm³/mol. The minimum Gasteiger partial charge on any atom is -0.372 e. The van der Waals surface area contributed by atoms with Crippen LogP contribution in [0, 0.1) is 0 Å². The molecule has 0 bridgehead atoms. The lowest BCUT2D eigenvalue weighted by molar-refractivity contribution is 0.618. The number of anilines is 2. The van der Waals surface area contributed by atoms with Crippen molar-refractivity contribution in [3.8, 4) is 0 Å². The van der Waals surface area contributed by atoms with Gasteiger partial charge in [-0.2, -0.15) is 0 Å². The van der Waals surface area contributed by atoms with Crippen molar-refractivity contribution < 1.29 is 4.48 Å². The van der Waals surface area contributed by atoms with Gasteiger partial charge in [-0.1, -0.05) is 0 Å². The third kappa shape index (κ3) is 2.34. The van der Waals surface area contributed by atoms with Gasteiger partial charge in [0.1, 0.15) is 0 Å². The Morgan fingerprint density at radius 1 is 1.15 bits per heavy atom. The average Bonchev–Trinajstić information content (AvgIpc) is 2.21. The van der Waals surface area contributed by atoms with Crippen molar-refractivity contribution in [2.24, 2.45) is 0 Å². The normalized spacial score (nSPS) is 9.77. The molecule has 0 fully saturated rings. The van der Waals surface area contributed by atoms with Gasteiger partial charge in [0, 0.05) is 18.8 Å². The summed E-state index contributed by atoms with van der Waals surface area (Å²) in [6.07, 6.45) is 0. The van der Waals surface area contributed by atoms with Crippen molar-refractivity contribution in [1.82, 2.24) is 0 Å². The summed E-state index contributed by atoms with van der Waals surface area (Å²) in [6.45, 7) is 6.15. The minimum atomic E-state index is 0.496. The van der Waals surface area contributed by atoms with Crippen LogP contribution in [0.3, 0.4) is 0 Å². The lowest BCUT2D eigenvalue weighted by atomic mass is 10.2. The van der Waals surface area contributed by atoms with E-state index >= 15 is 0 Å². The molecule has 0 aliphatic rings. The lowest BCUT2D eigenvalue weighted by Crippen LogP contribution is -2.21. The van der Waals surface area contributed by atoms with Crippen molar-refractivity contribution >= 4 is 11.4 Å².